The number of halogens is 1. The Hall–Kier alpha value is -2.21. The van der Waals surface area contributed by atoms with Crippen LogP contribution in [0.2, 0.25) is 5.02 Å². The minimum atomic E-state index is -1.44. The fourth-order valence-electron chi connectivity index (χ4n) is 1.42. The van der Waals surface area contributed by atoms with E-state index in [4.69, 9.17) is 21.4 Å². The Labute approximate surface area is 107 Å². The molecule has 2 aromatic rings. The zero-order chi connectivity index (χ0) is 13.1. The Morgan fingerprint density at radius 2 is 2.17 bits per heavy atom. The normalized spacial score (nSPS) is 10.1. The monoisotopic (exact) mass is 268 g/mol. The molecular formula is C11H9ClN2O4. The lowest BCUT2D eigenvalue weighted by Crippen LogP contribution is -2.04. The molecule has 0 fully saturated rings. The molecule has 0 saturated carbocycles. The number of methoxy groups -OCH3 is 1. The fraction of sp³-hybridized carbons (Fsp3) is 0.0909. The highest BCUT2D eigenvalue weighted by Crippen LogP contribution is 2.27. The lowest BCUT2D eigenvalue weighted by molar-refractivity contribution is 0.142. The van der Waals surface area contributed by atoms with Gasteiger partial charge in [-0.15, -0.1) is 5.10 Å². The van der Waals surface area contributed by atoms with E-state index in [0.29, 0.717) is 16.6 Å². The summed E-state index contributed by atoms with van der Waals surface area (Å²) in [7, 11) is 1.44. The maximum Gasteiger partial charge on any atom is 0.512 e. The molecule has 1 aromatic carbocycles. The van der Waals surface area contributed by atoms with Crippen molar-refractivity contribution in [1.82, 2.24) is 9.78 Å². The summed E-state index contributed by atoms with van der Waals surface area (Å²) >= 11 is 6.03. The first kappa shape index (κ1) is 12.3. The predicted molar refractivity (Wildman–Crippen MR) is 63.8 cm³/mol. The van der Waals surface area contributed by atoms with E-state index >= 15 is 0 Å². The molecule has 0 atom stereocenters. The van der Waals surface area contributed by atoms with Gasteiger partial charge in [-0.25, -0.2) is 4.79 Å². The number of para-hydroxylation sites is 1. The smallest absolute Gasteiger partial charge is 0.481 e. The van der Waals surface area contributed by atoms with Crippen LogP contribution in [0, 0.1) is 0 Å². The zero-order valence-electron chi connectivity index (χ0n) is 9.33. The highest BCUT2D eigenvalue weighted by molar-refractivity contribution is 6.32. The van der Waals surface area contributed by atoms with E-state index in [2.05, 4.69) is 9.84 Å². The third kappa shape index (κ3) is 2.38. The first-order valence-corrected chi connectivity index (χ1v) is 5.29. The molecule has 0 unspecified atom stereocenters. The number of hydrogen-bond acceptors (Lipinski definition) is 4. The van der Waals surface area contributed by atoms with E-state index in [1.165, 1.54) is 17.9 Å². The van der Waals surface area contributed by atoms with Crippen LogP contribution in [0.15, 0.2) is 30.3 Å². The largest absolute Gasteiger partial charge is 0.512 e. The second-order valence-electron chi connectivity index (χ2n) is 3.26. The lowest BCUT2D eigenvalue weighted by Gasteiger charge is -2.06. The minimum Gasteiger partial charge on any atom is -0.481 e. The van der Waals surface area contributed by atoms with Crippen LogP contribution in [0.3, 0.4) is 0 Å². The maximum atomic E-state index is 10.4. The van der Waals surface area contributed by atoms with Gasteiger partial charge < -0.3 is 14.6 Å². The topological polar surface area (TPSA) is 73.6 Å². The molecule has 1 heterocycles. The Kier molecular flexibility index (Phi) is 3.38. The summed E-state index contributed by atoms with van der Waals surface area (Å²) in [5.41, 5.74) is 0.566. The average molecular weight is 269 g/mol. The quantitative estimate of drug-likeness (QED) is 0.866. The van der Waals surface area contributed by atoms with Gasteiger partial charge in [0.05, 0.1) is 23.9 Å². The van der Waals surface area contributed by atoms with Gasteiger partial charge in [0, 0.05) is 0 Å². The van der Waals surface area contributed by atoms with Gasteiger partial charge in [0.25, 0.3) is 0 Å². The zero-order valence-corrected chi connectivity index (χ0v) is 10.1. The van der Waals surface area contributed by atoms with Crippen molar-refractivity contribution in [3.05, 3.63) is 35.4 Å². The molecule has 6 nitrogen and oxygen atoms in total. The van der Waals surface area contributed by atoms with Gasteiger partial charge >= 0.3 is 6.16 Å². The highest BCUT2D eigenvalue weighted by Gasteiger charge is 2.14. The molecule has 2 rings (SSSR count). The molecule has 1 N–H and O–H groups in total. The van der Waals surface area contributed by atoms with Crippen LogP contribution >= 0.6 is 11.6 Å². The molecule has 0 saturated heterocycles. The van der Waals surface area contributed by atoms with Crippen molar-refractivity contribution in [3.63, 3.8) is 0 Å². The first-order chi connectivity index (χ1) is 8.61. The molecule has 7 heteroatoms. The van der Waals surface area contributed by atoms with E-state index in [1.807, 2.05) is 0 Å². The summed E-state index contributed by atoms with van der Waals surface area (Å²) in [6.07, 6.45) is -1.44. The summed E-state index contributed by atoms with van der Waals surface area (Å²) < 4.78 is 10.9. The van der Waals surface area contributed by atoms with Gasteiger partial charge in [-0.1, -0.05) is 23.7 Å². The standard InChI is InChI=1S/C11H9ClN2O4/c1-17-10-6-9(18-11(15)16)13-14(10)8-5-3-2-4-7(8)12/h2-6H,1H3,(H,15,16). The Morgan fingerprint density at radius 3 is 2.78 bits per heavy atom. The van der Waals surface area contributed by atoms with Crippen LogP contribution in [-0.2, 0) is 0 Å². The van der Waals surface area contributed by atoms with Gasteiger partial charge in [0.15, 0.2) is 0 Å². The SMILES string of the molecule is COc1cc(OC(=O)O)nn1-c1ccccc1Cl. The lowest BCUT2D eigenvalue weighted by atomic mass is 10.3. The van der Waals surface area contributed by atoms with Crippen molar-refractivity contribution in [2.24, 2.45) is 0 Å². The number of benzene rings is 1. The third-order valence-corrected chi connectivity index (χ3v) is 2.46. The minimum absolute atomic E-state index is 0.0840. The van der Waals surface area contributed by atoms with Crippen LogP contribution in [0.5, 0.6) is 11.8 Å². The van der Waals surface area contributed by atoms with Crippen LogP contribution in [0.1, 0.15) is 0 Å². The summed E-state index contributed by atoms with van der Waals surface area (Å²) in [4.78, 5) is 10.4. The number of carbonyl (C=O) groups is 1. The number of nitrogens with zero attached hydrogens (tertiary/aromatic N) is 2. The second-order valence-corrected chi connectivity index (χ2v) is 3.66. The molecular weight excluding hydrogens is 260 g/mol. The second kappa shape index (κ2) is 4.97. The Morgan fingerprint density at radius 1 is 1.44 bits per heavy atom. The molecule has 0 amide bonds. The van der Waals surface area contributed by atoms with Crippen LogP contribution < -0.4 is 9.47 Å². The predicted octanol–water partition coefficient (Wildman–Crippen LogP) is 2.59. The first-order valence-electron chi connectivity index (χ1n) is 4.91. The highest BCUT2D eigenvalue weighted by atomic mass is 35.5. The van der Waals surface area contributed by atoms with Crippen molar-refractivity contribution in [2.45, 2.75) is 0 Å². The van der Waals surface area contributed by atoms with E-state index in [9.17, 15) is 4.79 Å². The number of carboxylic acid groups (broad SMARTS) is 1. The van der Waals surface area contributed by atoms with E-state index in [0.717, 1.165) is 0 Å². The van der Waals surface area contributed by atoms with E-state index in [-0.39, 0.29) is 5.88 Å². The van der Waals surface area contributed by atoms with Gasteiger partial charge in [0.2, 0.25) is 11.8 Å². The van der Waals surface area contributed by atoms with Gasteiger partial charge in [-0.2, -0.15) is 4.68 Å². The Bertz CT molecular complexity index is 582. The molecule has 0 spiro atoms. The molecule has 18 heavy (non-hydrogen) atoms. The van der Waals surface area contributed by atoms with Crippen LogP contribution in [-0.4, -0.2) is 28.2 Å². The molecule has 94 valence electrons. The molecule has 0 aliphatic rings. The fourth-order valence-corrected chi connectivity index (χ4v) is 1.64. The summed E-state index contributed by atoms with van der Waals surface area (Å²) in [6, 6.07) is 8.33. The van der Waals surface area contributed by atoms with Crippen molar-refractivity contribution in [1.29, 1.82) is 0 Å². The third-order valence-electron chi connectivity index (χ3n) is 2.14. The number of rotatable bonds is 3. The number of hydrogen-bond donors (Lipinski definition) is 1. The summed E-state index contributed by atoms with van der Waals surface area (Å²) in [5.74, 6) is 0.235. The maximum absolute atomic E-state index is 10.4. The molecule has 1 aromatic heterocycles. The van der Waals surface area contributed by atoms with Crippen molar-refractivity contribution >= 4 is 17.8 Å². The van der Waals surface area contributed by atoms with Crippen LogP contribution in [0.4, 0.5) is 4.79 Å². The van der Waals surface area contributed by atoms with Crippen molar-refractivity contribution in [2.75, 3.05) is 7.11 Å². The summed E-state index contributed by atoms with van der Waals surface area (Å²) in [6.45, 7) is 0. The van der Waals surface area contributed by atoms with Gasteiger partial charge in [-0.3, -0.25) is 0 Å². The molecule has 0 radical (unpaired) electrons. The van der Waals surface area contributed by atoms with E-state index in [1.54, 1.807) is 24.3 Å². The van der Waals surface area contributed by atoms with Gasteiger partial charge in [-0.05, 0) is 12.1 Å². The van der Waals surface area contributed by atoms with E-state index < -0.39 is 6.16 Å². The molecule has 0 aliphatic heterocycles. The summed E-state index contributed by atoms with van der Waals surface area (Å²) in [5, 5.41) is 12.9. The van der Waals surface area contributed by atoms with Crippen molar-refractivity contribution in [3.8, 4) is 17.4 Å². The molecule has 0 bridgehead atoms. The van der Waals surface area contributed by atoms with Gasteiger partial charge in [0.1, 0.15) is 0 Å². The van der Waals surface area contributed by atoms with Crippen LogP contribution in [0.25, 0.3) is 5.69 Å². The van der Waals surface area contributed by atoms with Crippen molar-refractivity contribution < 1.29 is 19.4 Å². The number of aromatic nitrogens is 2. The number of ether oxygens (including phenoxy) is 2. The average Bonchev–Trinajstić information content (AvgIpc) is 2.71. The Balaban J connectivity index is 2.47. The molecule has 0 aliphatic carbocycles.